The van der Waals surface area contributed by atoms with Crippen LogP contribution in [0.3, 0.4) is 0 Å². The zero-order valence-electron chi connectivity index (χ0n) is 15.9. The fourth-order valence-electron chi connectivity index (χ4n) is 2.61. The smallest absolute Gasteiger partial charge is 0.255 e. The van der Waals surface area contributed by atoms with Gasteiger partial charge in [-0.15, -0.1) is 0 Å². The Bertz CT molecular complexity index is 767. The van der Waals surface area contributed by atoms with Crippen molar-refractivity contribution >= 4 is 23.2 Å². The normalized spacial score (nSPS) is 10.3. The molecule has 0 unspecified atom stereocenters. The van der Waals surface area contributed by atoms with E-state index in [2.05, 4.69) is 17.6 Å². The van der Waals surface area contributed by atoms with Crippen LogP contribution in [0.1, 0.15) is 46.5 Å². The lowest BCUT2D eigenvalue weighted by atomic mass is 10.1. The van der Waals surface area contributed by atoms with Gasteiger partial charge in [-0.05, 0) is 48.7 Å². The molecule has 26 heavy (non-hydrogen) atoms. The fourth-order valence-corrected chi connectivity index (χ4v) is 2.61. The van der Waals surface area contributed by atoms with E-state index < -0.39 is 0 Å². The van der Waals surface area contributed by atoms with E-state index in [1.54, 1.807) is 6.07 Å². The highest BCUT2D eigenvalue weighted by molar-refractivity contribution is 6.06. The first kappa shape index (κ1) is 19.5. The third-order valence-electron chi connectivity index (χ3n) is 4.14. The maximum absolute atomic E-state index is 12.5. The van der Waals surface area contributed by atoms with Crippen molar-refractivity contribution in [2.75, 3.05) is 30.9 Å². The van der Waals surface area contributed by atoms with Crippen LogP contribution in [0.5, 0.6) is 0 Å². The molecule has 0 aliphatic carbocycles. The second-order valence-electron chi connectivity index (χ2n) is 6.39. The minimum Gasteiger partial charge on any atom is -0.377 e. The molecular weight excluding hydrogens is 326 g/mol. The highest BCUT2D eigenvalue weighted by Crippen LogP contribution is 2.23. The molecule has 138 valence electrons. The Balaban J connectivity index is 2.23. The minimum absolute atomic E-state index is 0.140. The molecule has 0 aromatic heterocycles. The number of amides is 2. The van der Waals surface area contributed by atoms with Gasteiger partial charge in [0.2, 0.25) is 0 Å². The molecule has 2 N–H and O–H groups in total. The van der Waals surface area contributed by atoms with E-state index in [1.807, 2.05) is 62.3 Å². The number of hydrogen-bond acceptors (Lipinski definition) is 3. The number of carbonyl (C=O) groups is 2. The van der Waals surface area contributed by atoms with Crippen molar-refractivity contribution in [2.45, 2.75) is 26.7 Å². The van der Waals surface area contributed by atoms with Crippen LogP contribution in [0.2, 0.25) is 0 Å². The molecule has 0 saturated carbocycles. The number of anilines is 2. The van der Waals surface area contributed by atoms with Gasteiger partial charge in [0.25, 0.3) is 11.8 Å². The number of aryl methyl sites for hydroxylation is 1. The summed E-state index contributed by atoms with van der Waals surface area (Å²) in [6, 6.07) is 12.9. The van der Waals surface area contributed by atoms with Crippen LogP contribution in [0.4, 0.5) is 11.4 Å². The summed E-state index contributed by atoms with van der Waals surface area (Å²) in [5.41, 5.74) is 3.73. The van der Waals surface area contributed by atoms with Crippen LogP contribution >= 0.6 is 0 Å². The third-order valence-corrected chi connectivity index (χ3v) is 4.14. The summed E-state index contributed by atoms with van der Waals surface area (Å²) in [7, 11) is 3.78. The van der Waals surface area contributed by atoms with Crippen LogP contribution in [0, 0.1) is 0 Å². The molecular formula is C21H27N3O2. The summed E-state index contributed by atoms with van der Waals surface area (Å²) < 4.78 is 0. The Kier molecular flexibility index (Phi) is 6.78. The standard InChI is InChI=1S/C21H27N3O2/c1-5-13-22-21(26)18-14-17(11-12-19(18)24(3)4)23-20(25)16-9-7-15(6-2)8-10-16/h7-12,14H,5-6,13H2,1-4H3,(H,22,26)(H,23,25). The quantitative estimate of drug-likeness (QED) is 0.798. The predicted molar refractivity (Wildman–Crippen MR) is 107 cm³/mol. The van der Waals surface area contributed by atoms with Gasteiger partial charge in [0, 0.05) is 37.6 Å². The lowest BCUT2D eigenvalue weighted by Crippen LogP contribution is -2.26. The summed E-state index contributed by atoms with van der Waals surface area (Å²) >= 11 is 0. The zero-order valence-corrected chi connectivity index (χ0v) is 15.9. The van der Waals surface area contributed by atoms with E-state index in [-0.39, 0.29) is 11.8 Å². The van der Waals surface area contributed by atoms with Crippen LogP contribution in [-0.2, 0) is 6.42 Å². The van der Waals surface area contributed by atoms with E-state index in [9.17, 15) is 9.59 Å². The van der Waals surface area contributed by atoms with Gasteiger partial charge >= 0.3 is 0 Å². The molecule has 0 aliphatic rings. The predicted octanol–water partition coefficient (Wildman–Crippen LogP) is 3.71. The number of nitrogens with one attached hydrogen (secondary N) is 2. The molecule has 2 rings (SSSR count). The van der Waals surface area contributed by atoms with Crippen molar-refractivity contribution in [3.05, 3.63) is 59.2 Å². The maximum Gasteiger partial charge on any atom is 0.255 e. The molecule has 0 heterocycles. The van der Waals surface area contributed by atoms with Crippen LogP contribution < -0.4 is 15.5 Å². The molecule has 2 aromatic carbocycles. The van der Waals surface area contributed by atoms with E-state index in [0.717, 1.165) is 18.5 Å². The Morgan fingerprint density at radius 2 is 1.65 bits per heavy atom. The first-order chi connectivity index (χ1) is 12.5. The lowest BCUT2D eigenvalue weighted by molar-refractivity contribution is 0.0952. The van der Waals surface area contributed by atoms with E-state index >= 15 is 0 Å². The number of benzene rings is 2. The number of hydrogen-bond donors (Lipinski definition) is 2. The minimum atomic E-state index is -0.190. The summed E-state index contributed by atoms with van der Waals surface area (Å²) in [5, 5.41) is 5.77. The molecule has 0 spiro atoms. The molecule has 5 heteroatoms. The Hall–Kier alpha value is -2.82. The number of carbonyl (C=O) groups excluding carboxylic acids is 2. The van der Waals surface area contributed by atoms with Crippen molar-refractivity contribution < 1.29 is 9.59 Å². The van der Waals surface area contributed by atoms with Gasteiger partial charge in [-0.3, -0.25) is 9.59 Å². The van der Waals surface area contributed by atoms with E-state index in [1.165, 1.54) is 5.56 Å². The first-order valence-electron chi connectivity index (χ1n) is 8.96. The molecule has 2 aromatic rings. The van der Waals surface area contributed by atoms with Gasteiger partial charge in [-0.1, -0.05) is 26.0 Å². The van der Waals surface area contributed by atoms with Gasteiger partial charge in [-0.25, -0.2) is 0 Å². The lowest BCUT2D eigenvalue weighted by Gasteiger charge is -2.18. The molecule has 0 saturated heterocycles. The Labute approximate surface area is 155 Å². The molecule has 0 bridgehead atoms. The second kappa shape index (κ2) is 9.04. The molecule has 5 nitrogen and oxygen atoms in total. The highest BCUT2D eigenvalue weighted by Gasteiger charge is 2.15. The summed E-state index contributed by atoms with van der Waals surface area (Å²) in [4.78, 5) is 26.8. The second-order valence-corrected chi connectivity index (χ2v) is 6.39. The van der Waals surface area contributed by atoms with E-state index in [4.69, 9.17) is 0 Å². The third kappa shape index (κ3) is 4.85. The highest BCUT2D eigenvalue weighted by atomic mass is 16.2. The van der Waals surface area contributed by atoms with Gasteiger partial charge in [0.15, 0.2) is 0 Å². The molecule has 0 atom stereocenters. The first-order valence-corrected chi connectivity index (χ1v) is 8.96. The van der Waals surface area contributed by atoms with Gasteiger partial charge in [0.1, 0.15) is 0 Å². The molecule has 2 amide bonds. The zero-order chi connectivity index (χ0) is 19.1. The Morgan fingerprint density at radius 1 is 0.962 bits per heavy atom. The van der Waals surface area contributed by atoms with Crippen LogP contribution in [0.25, 0.3) is 0 Å². The van der Waals surface area contributed by atoms with Crippen LogP contribution in [0.15, 0.2) is 42.5 Å². The van der Waals surface area contributed by atoms with Crippen molar-refractivity contribution in [3.8, 4) is 0 Å². The summed E-state index contributed by atoms with van der Waals surface area (Å²) in [6.07, 6.45) is 1.80. The van der Waals surface area contributed by atoms with Crippen LogP contribution in [-0.4, -0.2) is 32.5 Å². The summed E-state index contributed by atoms with van der Waals surface area (Å²) in [5.74, 6) is -0.330. The van der Waals surface area contributed by atoms with Gasteiger partial charge in [-0.2, -0.15) is 0 Å². The average molecular weight is 353 g/mol. The SMILES string of the molecule is CCCNC(=O)c1cc(NC(=O)c2ccc(CC)cc2)ccc1N(C)C. The number of rotatable bonds is 7. The monoisotopic (exact) mass is 353 g/mol. The van der Waals surface area contributed by atoms with Crippen molar-refractivity contribution in [1.82, 2.24) is 5.32 Å². The molecule has 0 aliphatic heterocycles. The number of nitrogens with zero attached hydrogens (tertiary/aromatic N) is 1. The fraction of sp³-hybridized carbons (Fsp3) is 0.333. The Morgan fingerprint density at radius 3 is 2.23 bits per heavy atom. The molecule has 0 radical (unpaired) electrons. The van der Waals surface area contributed by atoms with Crippen molar-refractivity contribution in [1.29, 1.82) is 0 Å². The van der Waals surface area contributed by atoms with Crippen molar-refractivity contribution in [3.63, 3.8) is 0 Å². The largest absolute Gasteiger partial charge is 0.377 e. The topological polar surface area (TPSA) is 61.4 Å². The van der Waals surface area contributed by atoms with Crippen molar-refractivity contribution in [2.24, 2.45) is 0 Å². The summed E-state index contributed by atoms with van der Waals surface area (Å²) in [6.45, 7) is 4.70. The maximum atomic E-state index is 12.5. The average Bonchev–Trinajstić information content (AvgIpc) is 2.65. The molecule has 0 fully saturated rings. The van der Waals surface area contributed by atoms with Gasteiger partial charge in [0.05, 0.1) is 5.56 Å². The van der Waals surface area contributed by atoms with E-state index in [0.29, 0.717) is 23.4 Å². The van der Waals surface area contributed by atoms with Gasteiger partial charge < -0.3 is 15.5 Å².